The summed E-state index contributed by atoms with van der Waals surface area (Å²) in [6, 6.07) is 10.1. The maximum atomic E-state index is 6.04. The first-order valence-electron chi connectivity index (χ1n) is 6.48. The van der Waals surface area contributed by atoms with Crippen LogP contribution in [0, 0.1) is 5.41 Å². The van der Waals surface area contributed by atoms with Crippen molar-refractivity contribution in [1.29, 1.82) is 0 Å². The summed E-state index contributed by atoms with van der Waals surface area (Å²) >= 11 is 0. The van der Waals surface area contributed by atoms with Gasteiger partial charge in [-0.05, 0) is 13.3 Å². The summed E-state index contributed by atoms with van der Waals surface area (Å²) in [6.45, 7) is 2.80. The molecule has 0 saturated carbocycles. The molecule has 2 heteroatoms. The van der Waals surface area contributed by atoms with Crippen molar-refractivity contribution in [2.75, 3.05) is 6.61 Å². The first-order chi connectivity index (χ1) is 8.80. The molecule has 0 N–H and O–H groups in total. The third kappa shape index (κ3) is 2.02. The van der Waals surface area contributed by atoms with Gasteiger partial charge in [-0.25, -0.2) is 0 Å². The van der Waals surface area contributed by atoms with Crippen molar-refractivity contribution >= 4 is 0 Å². The molecular weight excluding hydrogens is 224 g/mol. The highest BCUT2D eigenvalue weighted by molar-refractivity contribution is 5.22. The molecule has 2 aliphatic rings. The minimum absolute atomic E-state index is 0.0798. The van der Waals surface area contributed by atoms with Crippen molar-refractivity contribution in [3.05, 3.63) is 60.2 Å². The van der Waals surface area contributed by atoms with Gasteiger partial charge in [-0.3, -0.25) is 0 Å². The molecule has 1 heterocycles. The van der Waals surface area contributed by atoms with E-state index in [1.165, 1.54) is 0 Å². The van der Waals surface area contributed by atoms with E-state index in [-0.39, 0.29) is 17.8 Å². The second-order valence-corrected chi connectivity index (χ2v) is 4.98. The number of hydrogen-bond donors (Lipinski definition) is 0. The summed E-state index contributed by atoms with van der Waals surface area (Å²) in [5.74, 6) is 0. The number of ether oxygens (including phenoxy) is 2. The molecule has 1 saturated heterocycles. The molecule has 1 fully saturated rings. The fourth-order valence-corrected chi connectivity index (χ4v) is 2.55. The van der Waals surface area contributed by atoms with Crippen LogP contribution in [0.15, 0.2) is 54.6 Å². The average Bonchev–Trinajstić information content (AvgIpc) is 2.44. The van der Waals surface area contributed by atoms with E-state index in [0.717, 1.165) is 12.0 Å². The Labute approximate surface area is 108 Å². The second-order valence-electron chi connectivity index (χ2n) is 4.98. The molecule has 1 aliphatic carbocycles. The van der Waals surface area contributed by atoms with Gasteiger partial charge in [0.25, 0.3) is 0 Å². The second kappa shape index (κ2) is 4.71. The zero-order chi connectivity index (χ0) is 12.4. The molecule has 1 aromatic carbocycles. The van der Waals surface area contributed by atoms with Crippen LogP contribution in [-0.4, -0.2) is 12.7 Å². The number of rotatable bonds is 1. The van der Waals surface area contributed by atoms with Gasteiger partial charge in [-0.2, -0.15) is 0 Å². The van der Waals surface area contributed by atoms with Crippen LogP contribution in [-0.2, 0) is 9.47 Å². The van der Waals surface area contributed by atoms with Gasteiger partial charge in [0, 0.05) is 5.56 Å². The monoisotopic (exact) mass is 242 g/mol. The zero-order valence-electron chi connectivity index (χ0n) is 10.6. The third-order valence-electron chi connectivity index (χ3n) is 3.77. The van der Waals surface area contributed by atoms with Crippen molar-refractivity contribution in [3.8, 4) is 0 Å². The van der Waals surface area contributed by atoms with Crippen molar-refractivity contribution in [2.24, 2.45) is 5.41 Å². The Morgan fingerprint density at radius 3 is 2.50 bits per heavy atom. The molecule has 2 nitrogen and oxygen atoms in total. The van der Waals surface area contributed by atoms with E-state index in [1.807, 2.05) is 30.3 Å². The average molecular weight is 242 g/mol. The van der Waals surface area contributed by atoms with Gasteiger partial charge in [0.05, 0.1) is 18.1 Å². The number of benzene rings is 1. The molecule has 0 bridgehead atoms. The maximum Gasteiger partial charge on any atom is 0.184 e. The Hall–Kier alpha value is -1.38. The quantitative estimate of drug-likeness (QED) is 0.700. The van der Waals surface area contributed by atoms with Gasteiger partial charge < -0.3 is 9.47 Å². The molecule has 18 heavy (non-hydrogen) atoms. The van der Waals surface area contributed by atoms with E-state index in [2.05, 4.69) is 31.2 Å². The fraction of sp³-hybridized carbons (Fsp3) is 0.375. The molecule has 1 spiro atoms. The van der Waals surface area contributed by atoms with Crippen molar-refractivity contribution in [3.63, 3.8) is 0 Å². The Morgan fingerprint density at radius 1 is 1.11 bits per heavy atom. The van der Waals surface area contributed by atoms with Gasteiger partial charge in [-0.1, -0.05) is 54.6 Å². The van der Waals surface area contributed by atoms with Crippen LogP contribution >= 0.6 is 0 Å². The van der Waals surface area contributed by atoms with E-state index in [0.29, 0.717) is 6.61 Å². The first-order valence-corrected chi connectivity index (χ1v) is 6.48. The molecule has 1 aromatic rings. The lowest BCUT2D eigenvalue weighted by molar-refractivity contribution is -0.245. The fourth-order valence-electron chi connectivity index (χ4n) is 2.55. The Balaban J connectivity index is 1.78. The molecule has 0 aromatic heterocycles. The summed E-state index contributed by atoms with van der Waals surface area (Å²) in [5.41, 5.74) is 1.01. The smallest absolute Gasteiger partial charge is 0.184 e. The first kappa shape index (κ1) is 11.7. The van der Waals surface area contributed by atoms with Crippen molar-refractivity contribution < 1.29 is 9.47 Å². The van der Waals surface area contributed by atoms with Gasteiger partial charge >= 0.3 is 0 Å². The number of allylic oxidation sites excluding steroid dienone is 2. The maximum absolute atomic E-state index is 6.04. The molecule has 1 aliphatic heterocycles. The lowest BCUT2D eigenvalue weighted by Crippen LogP contribution is -2.43. The summed E-state index contributed by atoms with van der Waals surface area (Å²) in [6.07, 6.45) is 9.71. The lowest BCUT2D eigenvalue weighted by Gasteiger charge is -2.42. The van der Waals surface area contributed by atoms with Crippen LogP contribution in [0.3, 0.4) is 0 Å². The van der Waals surface area contributed by atoms with Crippen LogP contribution in [0.4, 0.5) is 0 Å². The normalized spacial score (nSPS) is 29.6. The van der Waals surface area contributed by atoms with Crippen LogP contribution < -0.4 is 0 Å². The molecule has 94 valence electrons. The standard InChI is InChI=1S/C16H18O2/c1-13-16(10-6-3-7-11-16)12-17-15(18-13)14-8-4-2-5-9-14/h2,4-11,13,15H,3,12H2,1H3/t13-,15-/m0/s1. The lowest BCUT2D eigenvalue weighted by atomic mass is 9.79. The van der Waals surface area contributed by atoms with E-state index < -0.39 is 0 Å². The highest BCUT2D eigenvalue weighted by atomic mass is 16.7. The molecule has 0 amide bonds. The largest absolute Gasteiger partial charge is 0.347 e. The molecular formula is C16H18O2. The van der Waals surface area contributed by atoms with Gasteiger partial charge in [0.2, 0.25) is 0 Å². The SMILES string of the molecule is C[C@@H]1O[C@@H](c2ccccc2)OCC12C=CCC=C2. The predicted molar refractivity (Wildman–Crippen MR) is 71.0 cm³/mol. The minimum atomic E-state index is -0.240. The summed E-state index contributed by atoms with van der Waals surface area (Å²) < 4.78 is 11.9. The third-order valence-corrected chi connectivity index (χ3v) is 3.77. The van der Waals surface area contributed by atoms with Gasteiger partial charge in [0.1, 0.15) is 0 Å². The van der Waals surface area contributed by atoms with E-state index in [9.17, 15) is 0 Å². The van der Waals surface area contributed by atoms with Crippen LogP contribution in [0.2, 0.25) is 0 Å². The molecule has 2 atom stereocenters. The molecule has 0 radical (unpaired) electrons. The highest BCUT2D eigenvalue weighted by Gasteiger charge is 2.40. The van der Waals surface area contributed by atoms with Gasteiger partial charge in [0.15, 0.2) is 6.29 Å². The van der Waals surface area contributed by atoms with Crippen LogP contribution in [0.25, 0.3) is 0 Å². The van der Waals surface area contributed by atoms with E-state index in [1.54, 1.807) is 0 Å². The van der Waals surface area contributed by atoms with Crippen molar-refractivity contribution in [2.45, 2.75) is 25.7 Å². The molecule has 0 unspecified atom stereocenters. The van der Waals surface area contributed by atoms with Crippen LogP contribution in [0.5, 0.6) is 0 Å². The molecule has 3 rings (SSSR count). The summed E-state index contributed by atoms with van der Waals surface area (Å²) in [5, 5.41) is 0. The minimum Gasteiger partial charge on any atom is -0.347 e. The van der Waals surface area contributed by atoms with E-state index in [4.69, 9.17) is 9.47 Å². The topological polar surface area (TPSA) is 18.5 Å². The Bertz CT molecular complexity index is 449. The highest BCUT2D eigenvalue weighted by Crippen LogP contribution is 2.40. The van der Waals surface area contributed by atoms with Crippen molar-refractivity contribution in [1.82, 2.24) is 0 Å². The zero-order valence-corrected chi connectivity index (χ0v) is 10.6. The van der Waals surface area contributed by atoms with Gasteiger partial charge in [-0.15, -0.1) is 0 Å². The Morgan fingerprint density at radius 2 is 1.83 bits per heavy atom. The Kier molecular flexibility index (Phi) is 3.06. The van der Waals surface area contributed by atoms with Crippen LogP contribution in [0.1, 0.15) is 25.2 Å². The number of hydrogen-bond acceptors (Lipinski definition) is 2. The summed E-state index contributed by atoms with van der Waals surface area (Å²) in [4.78, 5) is 0. The summed E-state index contributed by atoms with van der Waals surface area (Å²) in [7, 11) is 0. The van der Waals surface area contributed by atoms with E-state index >= 15 is 0 Å². The predicted octanol–water partition coefficient (Wildman–Crippen LogP) is 3.62.